The molecule has 21 heavy (non-hydrogen) atoms. The third-order valence-corrected chi connectivity index (χ3v) is 4.15. The zero-order valence-corrected chi connectivity index (χ0v) is 13.1. The van der Waals surface area contributed by atoms with E-state index in [2.05, 4.69) is 0 Å². The van der Waals surface area contributed by atoms with Gasteiger partial charge in [0.2, 0.25) is 5.91 Å². The van der Waals surface area contributed by atoms with Gasteiger partial charge in [-0.05, 0) is 24.3 Å². The van der Waals surface area contributed by atoms with E-state index in [0.717, 1.165) is 38.2 Å². The number of carbonyl (C=O) groups excluding carboxylic acids is 1. The van der Waals surface area contributed by atoms with Crippen molar-refractivity contribution in [2.45, 2.75) is 18.8 Å². The molecule has 2 N–H and O–H groups in total. The molecule has 0 aromatic heterocycles. The molecule has 1 unspecified atom stereocenters. The molecule has 1 heterocycles. The molecule has 1 saturated heterocycles. The van der Waals surface area contributed by atoms with Crippen molar-refractivity contribution in [1.29, 1.82) is 0 Å². The van der Waals surface area contributed by atoms with Crippen molar-refractivity contribution in [2.75, 3.05) is 26.8 Å². The fourth-order valence-electron chi connectivity index (χ4n) is 2.70. The SMILES string of the molecule is CN(CC1CCOCC1)C(=O)C(C(N)=S)c1ccccc1. The highest BCUT2D eigenvalue weighted by Gasteiger charge is 2.28. The minimum atomic E-state index is -0.536. The lowest BCUT2D eigenvalue weighted by atomic mass is 9.95. The molecule has 1 aromatic rings. The lowest BCUT2D eigenvalue weighted by molar-refractivity contribution is -0.130. The largest absolute Gasteiger partial charge is 0.392 e. The van der Waals surface area contributed by atoms with Gasteiger partial charge in [0.25, 0.3) is 0 Å². The average molecular weight is 306 g/mol. The van der Waals surface area contributed by atoms with E-state index in [9.17, 15) is 4.79 Å². The van der Waals surface area contributed by atoms with Crippen molar-refractivity contribution >= 4 is 23.1 Å². The van der Waals surface area contributed by atoms with Gasteiger partial charge in [0.15, 0.2) is 0 Å². The number of hydrogen-bond acceptors (Lipinski definition) is 3. The number of benzene rings is 1. The second kappa shape index (κ2) is 7.52. The highest BCUT2D eigenvalue weighted by Crippen LogP contribution is 2.21. The first-order chi connectivity index (χ1) is 10.1. The number of ether oxygens (including phenoxy) is 1. The molecule has 0 bridgehead atoms. The van der Waals surface area contributed by atoms with Gasteiger partial charge in [-0.1, -0.05) is 42.5 Å². The Balaban J connectivity index is 2.05. The van der Waals surface area contributed by atoms with Crippen molar-refractivity contribution in [3.8, 4) is 0 Å². The average Bonchev–Trinajstić information content (AvgIpc) is 2.49. The maximum absolute atomic E-state index is 12.7. The molecule has 1 aromatic carbocycles. The van der Waals surface area contributed by atoms with E-state index in [4.69, 9.17) is 22.7 Å². The summed E-state index contributed by atoms with van der Waals surface area (Å²) in [6.07, 6.45) is 2.00. The van der Waals surface area contributed by atoms with Gasteiger partial charge in [0.1, 0.15) is 5.92 Å². The number of likely N-dealkylation sites (N-methyl/N-ethyl adjacent to an activating group) is 1. The smallest absolute Gasteiger partial charge is 0.236 e. The van der Waals surface area contributed by atoms with Gasteiger partial charge in [-0.3, -0.25) is 4.79 Å². The molecular weight excluding hydrogens is 284 g/mol. The van der Waals surface area contributed by atoms with E-state index >= 15 is 0 Å². The third-order valence-electron chi connectivity index (χ3n) is 3.91. The van der Waals surface area contributed by atoms with Crippen LogP contribution in [-0.2, 0) is 9.53 Å². The van der Waals surface area contributed by atoms with Gasteiger partial charge in [0, 0.05) is 26.8 Å². The lowest BCUT2D eigenvalue weighted by Gasteiger charge is -2.29. The first-order valence-corrected chi connectivity index (χ1v) is 7.67. The first kappa shape index (κ1) is 15.9. The Morgan fingerprint density at radius 3 is 2.57 bits per heavy atom. The van der Waals surface area contributed by atoms with Crippen LogP contribution in [0.5, 0.6) is 0 Å². The molecule has 0 aliphatic carbocycles. The minimum absolute atomic E-state index is 0.0276. The molecule has 1 atom stereocenters. The fourth-order valence-corrected chi connectivity index (χ4v) is 2.94. The van der Waals surface area contributed by atoms with Crippen LogP contribution in [0, 0.1) is 5.92 Å². The third kappa shape index (κ3) is 4.25. The number of carbonyl (C=O) groups is 1. The molecule has 1 aliphatic rings. The quantitative estimate of drug-likeness (QED) is 0.845. The van der Waals surface area contributed by atoms with E-state index in [0.29, 0.717) is 5.92 Å². The highest BCUT2D eigenvalue weighted by molar-refractivity contribution is 7.80. The Morgan fingerprint density at radius 2 is 2.00 bits per heavy atom. The molecule has 0 saturated carbocycles. The van der Waals surface area contributed by atoms with Crippen LogP contribution in [0.25, 0.3) is 0 Å². The zero-order valence-electron chi connectivity index (χ0n) is 12.3. The van der Waals surface area contributed by atoms with Crippen LogP contribution in [0.4, 0.5) is 0 Å². The lowest BCUT2D eigenvalue weighted by Crippen LogP contribution is -2.40. The van der Waals surface area contributed by atoms with E-state index in [1.807, 2.05) is 37.4 Å². The summed E-state index contributed by atoms with van der Waals surface area (Å²) < 4.78 is 5.35. The summed E-state index contributed by atoms with van der Waals surface area (Å²) in [6.45, 7) is 2.29. The van der Waals surface area contributed by atoms with E-state index in [1.54, 1.807) is 4.90 Å². The van der Waals surface area contributed by atoms with Crippen molar-refractivity contribution < 1.29 is 9.53 Å². The van der Waals surface area contributed by atoms with Crippen LogP contribution in [0.2, 0.25) is 0 Å². The number of thiocarbonyl (C=S) groups is 1. The van der Waals surface area contributed by atoms with E-state index in [1.165, 1.54) is 0 Å². The van der Waals surface area contributed by atoms with Crippen LogP contribution in [-0.4, -0.2) is 42.6 Å². The van der Waals surface area contributed by atoms with Crippen molar-refractivity contribution in [1.82, 2.24) is 4.90 Å². The van der Waals surface area contributed by atoms with Crippen LogP contribution in [0.3, 0.4) is 0 Å². The molecule has 5 heteroatoms. The number of nitrogens with zero attached hydrogens (tertiary/aromatic N) is 1. The Labute approximate surface area is 131 Å². The summed E-state index contributed by atoms with van der Waals surface area (Å²) in [5, 5.41) is 0. The Kier molecular flexibility index (Phi) is 5.70. The number of rotatable bonds is 5. The summed E-state index contributed by atoms with van der Waals surface area (Å²) in [4.78, 5) is 14.7. The maximum atomic E-state index is 12.7. The van der Waals surface area contributed by atoms with Gasteiger partial charge in [-0.25, -0.2) is 0 Å². The van der Waals surface area contributed by atoms with Crippen LogP contribution in [0.15, 0.2) is 30.3 Å². The molecule has 1 fully saturated rings. The molecule has 2 rings (SSSR count). The maximum Gasteiger partial charge on any atom is 0.236 e. The fraction of sp³-hybridized carbons (Fsp3) is 0.500. The second-order valence-electron chi connectivity index (χ2n) is 5.52. The molecule has 1 aliphatic heterocycles. The number of nitrogens with two attached hydrogens (primary N) is 1. The molecule has 4 nitrogen and oxygen atoms in total. The predicted octanol–water partition coefficient (Wildman–Crippen LogP) is 1.94. The second-order valence-corrected chi connectivity index (χ2v) is 5.99. The molecule has 0 spiro atoms. The first-order valence-electron chi connectivity index (χ1n) is 7.26. The molecular formula is C16H22N2O2S. The van der Waals surface area contributed by atoms with E-state index < -0.39 is 5.92 Å². The predicted molar refractivity (Wildman–Crippen MR) is 87.1 cm³/mol. The van der Waals surface area contributed by atoms with Crippen LogP contribution < -0.4 is 5.73 Å². The summed E-state index contributed by atoms with van der Waals surface area (Å²) >= 11 is 5.11. The molecule has 0 radical (unpaired) electrons. The Bertz CT molecular complexity index is 486. The Hall–Kier alpha value is -1.46. The summed E-state index contributed by atoms with van der Waals surface area (Å²) in [7, 11) is 1.83. The normalized spacial score (nSPS) is 17.2. The van der Waals surface area contributed by atoms with Crippen molar-refractivity contribution in [3.05, 3.63) is 35.9 Å². The van der Waals surface area contributed by atoms with E-state index in [-0.39, 0.29) is 10.9 Å². The topological polar surface area (TPSA) is 55.6 Å². The minimum Gasteiger partial charge on any atom is -0.392 e. The van der Waals surface area contributed by atoms with Crippen molar-refractivity contribution in [3.63, 3.8) is 0 Å². The van der Waals surface area contributed by atoms with Crippen molar-refractivity contribution in [2.24, 2.45) is 11.7 Å². The zero-order chi connectivity index (χ0) is 15.2. The van der Waals surface area contributed by atoms with Gasteiger partial charge in [-0.15, -0.1) is 0 Å². The molecule has 114 valence electrons. The van der Waals surface area contributed by atoms with Gasteiger partial charge < -0.3 is 15.4 Å². The van der Waals surface area contributed by atoms with Gasteiger partial charge in [0.05, 0.1) is 4.99 Å². The summed E-state index contributed by atoms with van der Waals surface area (Å²) in [5.74, 6) is -0.0679. The van der Waals surface area contributed by atoms with Gasteiger partial charge in [-0.2, -0.15) is 0 Å². The van der Waals surface area contributed by atoms with Crippen LogP contribution in [0.1, 0.15) is 24.3 Å². The number of hydrogen-bond donors (Lipinski definition) is 1. The van der Waals surface area contributed by atoms with Gasteiger partial charge >= 0.3 is 0 Å². The Morgan fingerprint density at radius 1 is 1.38 bits per heavy atom. The summed E-state index contributed by atoms with van der Waals surface area (Å²) in [6, 6.07) is 9.49. The molecule has 1 amide bonds. The highest BCUT2D eigenvalue weighted by atomic mass is 32.1. The monoisotopic (exact) mass is 306 g/mol. The van der Waals surface area contributed by atoms with Crippen LogP contribution >= 0.6 is 12.2 Å². The number of amides is 1. The standard InChI is InChI=1S/C16H22N2O2S/c1-18(11-12-7-9-20-10-8-12)16(19)14(15(17)21)13-5-3-2-4-6-13/h2-6,12,14H,7-11H2,1H3,(H2,17,21). The summed E-state index contributed by atoms with van der Waals surface area (Å²) in [5.41, 5.74) is 6.66.